The Labute approximate surface area is 180 Å². The monoisotopic (exact) mass is 431 g/mol. The Morgan fingerprint density at radius 2 is 1.87 bits per heavy atom. The molecule has 2 N–H and O–H groups in total. The van der Waals surface area contributed by atoms with Crippen LogP contribution in [0.1, 0.15) is 68.6 Å². The molecule has 3 rings (SSSR count). The molecule has 0 bridgehead atoms. The number of carbonyl (C=O) groups is 3. The molecule has 1 saturated heterocycles. The number of H-pyrrole nitrogens is 1. The summed E-state index contributed by atoms with van der Waals surface area (Å²) >= 11 is 6.34. The second-order valence-electron chi connectivity index (χ2n) is 7.35. The molecule has 1 aromatic heterocycles. The summed E-state index contributed by atoms with van der Waals surface area (Å²) in [6.45, 7) is 6.87. The Morgan fingerprint density at radius 1 is 1.17 bits per heavy atom. The second kappa shape index (κ2) is 9.34. The average molecular weight is 432 g/mol. The van der Waals surface area contributed by atoms with Crippen molar-refractivity contribution in [1.82, 2.24) is 9.88 Å². The van der Waals surface area contributed by atoms with Crippen LogP contribution in [-0.2, 0) is 4.74 Å². The first-order valence-electron chi connectivity index (χ1n) is 10.1. The normalized spacial score (nSPS) is 13.8. The smallest absolute Gasteiger partial charge is 0.340 e. The van der Waals surface area contributed by atoms with E-state index in [-0.39, 0.29) is 23.2 Å². The highest BCUT2D eigenvalue weighted by Crippen LogP contribution is 2.25. The van der Waals surface area contributed by atoms with Crippen LogP contribution in [0.3, 0.4) is 0 Å². The van der Waals surface area contributed by atoms with Gasteiger partial charge in [-0.25, -0.2) is 4.79 Å². The number of benzene rings is 1. The van der Waals surface area contributed by atoms with E-state index in [0.29, 0.717) is 28.1 Å². The van der Waals surface area contributed by atoms with E-state index in [2.05, 4.69) is 10.3 Å². The van der Waals surface area contributed by atoms with Gasteiger partial charge in [0.15, 0.2) is 0 Å². The molecule has 0 atom stereocenters. The molecule has 0 spiro atoms. The van der Waals surface area contributed by atoms with Gasteiger partial charge in [-0.1, -0.05) is 11.6 Å². The number of amides is 2. The lowest BCUT2D eigenvalue weighted by atomic mass is 10.1. The Kier molecular flexibility index (Phi) is 6.82. The van der Waals surface area contributed by atoms with Crippen LogP contribution in [0.2, 0.25) is 5.02 Å². The number of aromatic nitrogens is 1. The zero-order valence-electron chi connectivity index (χ0n) is 17.4. The van der Waals surface area contributed by atoms with Crippen LogP contribution in [-0.4, -0.2) is 47.4 Å². The number of nitrogens with zero attached hydrogens (tertiary/aromatic N) is 1. The Balaban J connectivity index is 1.76. The summed E-state index contributed by atoms with van der Waals surface area (Å²) in [5.41, 5.74) is 2.61. The van der Waals surface area contributed by atoms with Gasteiger partial charge in [0, 0.05) is 24.5 Å². The molecule has 2 heterocycles. The first kappa shape index (κ1) is 21.9. The summed E-state index contributed by atoms with van der Waals surface area (Å²) in [5, 5.41) is 3.05. The molecule has 30 heavy (non-hydrogen) atoms. The minimum Gasteiger partial charge on any atom is -0.462 e. The summed E-state index contributed by atoms with van der Waals surface area (Å²) in [6.07, 6.45) is 3.14. The molecule has 0 saturated carbocycles. The van der Waals surface area contributed by atoms with Crippen molar-refractivity contribution in [2.75, 3.05) is 25.0 Å². The Hall–Kier alpha value is -2.80. The maximum atomic E-state index is 12.7. The summed E-state index contributed by atoms with van der Waals surface area (Å²) in [6, 6.07) is 4.85. The highest BCUT2D eigenvalue weighted by atomic mass is 35.5. The Bertz CT molecular complexity index is 977. The second-order valence-corrected chi connectivity index (χ2v) is 7.75. The van der Waals surface area contributed by atoms with Crippen LogP contribution in [0.5, 0.6) is 0 Å². The maximum absolute atomic E-state index is 12.7. The molecule has 2 amide bonds. The molecule has 1 aliphatic heterocycles. The first-order chi connectivity index (χ1) is 14.3. The van der Waals surface area contributed by atoms with E-state index in [1.54, 1.807) is 39.0 Å². The quantitative estimate of drug-likeness (QED) is 0.689. The predicted octanol–water partition coefficient (Wildman–Crippen LogP) is 4.34. The van der Waals surface area contributed by atoms with Crippen molar-refractivity contribution < 1.29 is 19.1 Å². The standard InChI is InChI=1S/C22H26ClN3O4/c1-4-30-22(29)18-13(2)19(24-14(18)3)20(27)25-15-8-9-16(17(23)12-15)21(28)26-10-6-5-7-11-26/h8-9,12,24H,4-7,10-11H2,1-3H3,(H,25,27). The SMILES string of the molecule is CCOC(=O)c1c(C)[nH]c(C(=O)Nc2ccc(C(=O)N3CCCCC3)c(Cl)c2)c1C. The highest BCUT2D eigenvalue weighted by molar-refractivity contribution is 6.34. The van der Waals surface area contributed by atoms with Gasteiger partial charge in [-0.05, 0) is 63.8 Å². The number of ether oxygens (including phenoxy) is 1. The number of aromatic amines is 1. The maximum Gasteiger partial charge on any atom is 0.340 e. The molecule has 0 aliphatic carbocycles. The van der Waals surface area contributed by atoms with Crippen molar-refractivity contribution in [3.05, 3.63) is 51.3 Å². The van der Waals surface area contributed by atoms with Crippen molar-refractivity contribution in [2.24, 2.45) is 0 Å². The molecule has 1 aliphatic rings. The molecule has 160 valence electrons. The minimum atomic E-state index is -0.466. The fraction of sp³-hybridized carbons (Fsp3) is 0.409. The van der Waals surface area contributed by atoms with Crippen molar-refractivity contribution >= 4 is 35.1 Å². The molecular weight excluding hydrogens is 406 g/mol. The highest BCUT2D eigenvalue weighted by Gasteiger charge is 2.24. The van der Waals surface area contributed by atoms with Crippen LogP contribution >= 0.6 is 11.6 Å². The van der Waals surface area contributed by atoms with Gasteiger partial charge >= 0.3 is 5.97 Å². The van der Waals surface area contributed by atoms with E-state index < -0.39 is 11.9 Å². The first-order valence-corrected chi connectivity index (χ1v) is 10.5. The molecule has 0 radical (unpaired) electrons. The van der Waals surface area contributed by atoms with Gasteiger partial charge in [-0.3, -0.25) is 9.59 Å². The van der Waals surface area contributed by atoms with Crippen LogP contribution in [0.4, 0.5) is 5.69 Å². The van der Waals surface area contributed by atoms with E-state index in [0.717, 1.165) is 32.4 Å². The van der Waals surface area contributed by atoms with Crippen molar-refractivity contribution in [3.63, 3.8) is 0 Å². The van der Waals surface area contributed by atoms with Gasteiger partial charge < -0.3 is 19.9 Å². The number of rotatable bonds is 5. The molecule has 2 aromatic rings. The summed E-state index contributed by atoms with van der Waals surface area (Å²) in [4.78, 5) is 42.3. The number of aryl methyl sites for hydroxylation is 1. The van der Waals surface area contributed by atoms with Gasteiger partial charge in [-0.15, -0.1) is 0 Å². The number of likely N-dealkylation sites (tertiary alicyclic amines) is 1. The lowest BCUT2D eigenvalue weighted by Crippen LogP contribution is -2.35. The number of anilines is 1. The number of esters is 1. The fourth-order valence-electron chi connectivity index (χ4n) is 3.71. The van der Waals surface area contributed by atoms with E-state index >= 15 is 0 Å². The average Bonchev–Trinajstić information content (AvgIpc) is 3.02. The zero-order valence-corrected chi connectivity index (χ0v) is 18.2. The van der Waals surface area contributed by atoms with Crippen LogP contribution < -0.4 is 5.32 Å². The van der Waals surface area contributed by atoms with Gasteiger partial charge in [0.1, 0.15) is 5.69 Å². The van der Waals surface area contributed by atoms with Gasteiger partial charge in [0.25, 0.3) is 11.8 Å². The zero-order chi connectivity index (χ0) is 21.8. The minimum absolute atomic E-state index is 0.0903. The van der Waals surface area contributed by atoms with Crippen LogP contribution in [0, 0.1) is 13.8 Å². The Morgan fingerprint density at radius 3 is 2.50 bits per heavy atom. The van der Waals surface area contributed by atoms with E-state index in [1.807, 2.05) is 4.90 Å². The summed E-state index contributed by atoms with van der Waals surface area (Å²) in [7, 11) is 0. The topological polar surface area (TPSA) is 91.5 Å². The number of carbonyl (C=O) groups excluding carboxylic acids is 3. The van der Waals surface area contributed by atoms with Crippen LogP contribution in [0.25, 0.3) is 0 Å². The number of hydrogen-bond acceptors (Lipinski definition) is 4. The molecule has 8 heteroatoms. The fourth-order valence-corrected chi connectivity index (χ4v) is 3.98. The molecule has 0 unspecified atom stereocenters. The van der Waals surface area contributed by atoms with Crippen molar-refractivity contribution in [1.29, 1.82) is 0 Å². The number of hydrogen-bond donors (Lipinski definition) is 2. The van der Waals surface area contributed by atoms with Gasteiger partial charge in [-0.2, -0.15) is 0 Å². The molecular formula is C22H26ClN3O4. The third-order valence-electron chi connectivity index (χ3n) is 5.24. The van der Waals surface area contributed by atoms with E-state index in [9.17, 15) is 14.4 Å². The number of nitrogens with one attached hydrogen (secondary N) is 2. The van der Waals surface area contributed by atoms with Gasteiger partial charge in [0.05, 0.1) is 22.8 Å². The summed E-state index contributed by atoms with van der Waals surface area (Å²) in [5.74, 6) is -0.962. The van der Waals surface area contributed by atoms with Crippen LogP contribution in [0.15, 0.2) is 18.2 Å². The van der Waals surface area contributed by atoms with E-state index in [4.69, 9.17) is 16.3 Å². The number of halogens is 1. The third kappa shape index (κ3) is 4.51. The summed E-state index contributed by atoms with van der Waals surface area (Å²) < 4.78 is 5.06. The molecule has 1 aromatic carbocycles. The van der Waals surface area contributed by atoms with Crippen molar-refractivity contribution in [2.45, 2.75) is 40.0 Å². The molecule has 7 nitrogen and oxygen atoms in total. The van der Waals surface area contributed by atoms with Gasteiger partial charge in [0.2, 0.25) is 0 Å². The third-order valence-corrected chi connectivity index (χ3v) is 5.56. The largest absolute Gasteiger partial charge is 0.462 e. The number of piperidine rings is 1. The van der Waals surface area contributed by atoms with Crippen molar-refractivity contribution in [3.8, 4) is 0 Å². The molecule has 1 fully saturated rings. The lowest BCUT2D eigenvalue weighted by molar-refractivity contribution is 0.0524. The lowest BCUT2D eigenvalue weighted by Gasteiger charge is -2.27. The van der Waals surface area contributed by atoms with E-state index in [1.165, 1.54) is 0 Å². The predicted molar refractivity (Wildman–Crippen MR) is 115 cm³/mol.